The zero-order chi connectivity index (χ0) is 20.4. The summed E-state index contributed by atoms with van der Waals surface area (Å²) in [5.41, 5.74) is 2.10. The van der Waals surface area contributed by atoms with Crippen LogP contribution in [0.4, 0.5) is 5.82 Å². The maximum Gasteiger partial charge on any atom is 0.193 e. The molecular weight excluding hydrogens is 362 g/mol. The van der Waals surface area contributed by atoms with Crippen LogP contribution >= 0.6 is 0 Å². The quantitative estimate of drug-likeness (QED) is 0.668. The first-order chi connectivity index (χ1) is 13.9. The first-order valence-electron chi connectivity index (χ1n) is 9.84. The number of para-hydroxylation sites is 1. The third kappa shape index (κ3) is 4.09. The van der Waals surface area contributed by atoms with E-state index in [1.54, 1.807) is 18.5 Å². The molecule has 5 heteroatoms. The number of anilines is 1. The van der Waals surface area contributed by atoms with E-state index in [2.05, 4.69) is 22.5 Å². The second kappa shape index (κ2) is 7.59. The van der Waals surface area contributed by atoms with E-state index in [4.69, 9.17) is 4.74 Å². The summed E-state index contributed by atoms with van der Waals surface area (Å²) in [6.45, 7) is 5.95. The van der Waals surface area contributed by atoms with Gasteiger partial charge in [0.25, 0.3) is 0 Å². The Hall–Kier alpha value is -3.34. The van der Waals surface area contributed by atoms with E-state index in [1.165, 1.54) is 0 Å². The van der Waals surface area contributed by atoms with Crippen molar-refractivity contribution in [2.45, 2.75) is 39.2 Å². The molecule has 0 aliphatic heterocycles. The van der Waals surface area contributed by atoms with Crippen LogP contribution in [0.1, 0.15) is 33.6 Å². The highest BCUT2D eigenvalue weighted by atomic mass is 16.5. The molecule has 4 rings (SSSR count). The van der Waals surface area contributed by atoms with Crippen LogP contribution in [0, 0.1) is 0 Å². The lowest BCUT2D eigenvalue weighted by molar-refractivity contribution is 0.132. The van der Waals surface area contributed by atoms with E-state index in [1.807, 2.05) is 61.7 Å². The summed E-state index contributed by atoms with van der Waals surface area (Å²) >= 11 is 0. The van der Waals surface area contributed by atoms with Crippen LogP contribution in [-0.2, 0) is 0 Å². The molecule has 0 saturated carbocycles. The largest absolute Gasteiger partial charge is 0.484 e. The molecule has 1 N–H and O–H groups in total. The van der Waals surface area contributed by atoms with E-state index in [0.717, 1.165) is 24.2 Å². The summed E-state index contributed by atoms with van der Waals surface area (Å²) in [5, 5.41) is 3.95. The summed E-state index contributed by atoms with van der Waals surface area (Å²) in [6, 6.07) is 11.6. The van der Waals surface area contributed by atoms with Gasteiger partial charge < -0.3 is 10.1 Å². The number of hydrogen-bond donors (Lipinski definition) is 1. The number of aromatic nitrogens is 2. The number of nitrogens with zero attached hydrogens (tertiary/aromatic N) is 2. The average molecular weight is 387 g/mol. The van der Waals surface area contributed by atoms with Gasteiger partial charge in [0.2, 0.25) is 0 Å². The van der Waals surface area contributed by atoms with Gasteiger partial charge in [-0.2, -0.15) is 0 Å². The molecular formula is C24H25N3O2. The number of pyridine rings is 2. The van der Waals surface area contributed by atoms with Crippen molar-refractivity contribution >= 4 is 16.7 Å². The van der Waals surface area contributed by atoms with Crippen molar-refractivity contribution < 1.29 is 4.74 Å². The van der Waals surface area contributed by atoms with Crippen molar-refractivity contribution in [3.63, 3.8) is 0 Å². The van der Waals surface area contributed by atoms with E-state index >= 15 is 0 Å². The van der Waals surface area contributed by atoms with Gasteiger partial charge >= 0.3 is 0 Å². The molecule has 0 bridgehead atoms. The molecule has 0 amide bonds. The molecule has 0 spiro atoms. The van der Waals surface area contributed by atoms with Crippen LogP contribution in [0.25, 0.3) is 16.6 Å². The minimum Gasteiger partial charge on any atom is -0.484 e. The van der Waals surface area contributed by atoms with Crippen molar-refractivity contribution in [3.8, 4) is 11.4 Å². The van der Waals surface area contributed by atoms with Gasteiger partial charge in [0.1, 0.15) is 16.9 Å². The Kier molecular flexibility index (Phi) is 4.97. The van der Waals surface area contributed by atoms with Gasteiger partial charge in [-0.15, -0.1) is 0 Å². The Balaban J connectivity index is 2.02. The summed E-state index contributed by atoms with van der Waals surface area (Å²) in [7, 11) is 0. The Morgan fingerprint density at radius 2 is 1.90 bits per heavy atom. The Morgan fingerprint density at radius 3 is 2.59 bits per heavy atom. The minimum atomic E-state index is -0.425. The number of allylic oxidation sites excluding steroid dienone is 3. The van der Waals surface area contributed by atoms with E-state index in [-0.39, 0.29) is 5.43 Å². The highest BCUT2D eigenvalue weighted by Crippen LogP contribution is 2.31. The molecule has 3 aromatic rings. The van der Waals surface area contributed by atoms with E-state index in [0.29, 0.717) is 22.5 Å². The highest BCUT2D eigenvalue weighted by Gasteiger charge is 2.20. The fourth-order valence-electron chi connectivity index (χ4n) is 3.43. The third-order valence-corrected chi connectivity index (χ3v) is 4.58. The van der Waals surface area contributed by atoms with Crippen LogP contribution in [-0.4, -0.2) is 15.2 Å². The van der Waals surface area contributed by atoms with Gasteiger partial charge in [-0.25, -0.2) is 0 Å². The number of fused-ring (bicyclic) bond motifs is 1. The minimum absolute atomic E-state index is 0.0954. The fraction of sp³-hybridized carbons (Fsp3) is 0.250. The lowest BCUT2D eigenvalue weighted by Gasteiger charge is -2.25. The average Bonchev–Trinajstić information content (AvgIpc) is 2.69. The van der Waals surface area contributed by atoms with Gasteiger partial charge in [-0.05, 0) is 51.8 Å². The Labute approximate surface area is 170 Å². The van der Waals surface area contributed by atoms with Crippen LogP contribution in [0.15, 0.2) is 77.5 Å². The molecule has 5 nitrogen and oxygen atoms in total. The zero-order valence-electron chi connectivity index (χ0n) is 17.0. The maximum atomic E-state index is 13.0. The first kappa shape index (κ1) is 19.0. The Morgan fingerprint density at radius 1 is 1.10 bits per heavy atom. The standard InChI is InChI=1S/C24H25N3O2/c1-24(2,3)29-21-16-25-15-19-20(28)14-22(26-17-10-6-4-7-11-17)27(23(19)21)18-12-8-5-9-13-18/h5-6,8-16,26H,4,7H2,1-3H3. The predicted octanol–water partition coefficient (Wildman–Crippen LogP) is 5.21. The zero-order valence-corrected chi connectivity index (χ0v) is 17.0. The predicted molar refractivity (Wildman–Crippen MR) is 118 cm³/mol. The molecule has 2 heterocycles. The van der Waals surface area contributed by atoms with Crippen molar-refractivity contribution in [2.75, 3.05) is 5.32 Å². The van der Waals surface area contributed by atoms with Gasteiger partial charge in [0.15, 0.2) is 11.2 Å². The molecule has 2 aromatic heterocycles. The highest BCUT2D eigenvalue weighted by molar-refractivity contribution is 5.88. The van der Waals surface area contributed by atoms with Gasteiger partial charge in [0, 0.05) is 23.6 Å². The number of rotatable bonds is 4. The summed E-state index contributed by atoms with van der Waals surface area (Å²) < 4.78 is 8.23. The van der Waals surface area contributed by atoms with Crippen molar-refractivity contribution in [1.29, 1.82) is 0 Å². The van der Waals surface area contributed by atoms with Crippen molar-refractivity contribution in [2.24, 2.45) is 0 Å². The van der Waals surface area contributed by atoms with Crippen LogP contribution in [0.3, 0.4) is 0 Å². The molecule has 1 aromatic carbocycles. The van der Waals surface area contributed by atoms with E-state index < -0.39 is 5.60 Å². The smallest absolute Gasteiger partial charge is 0.193 e. The molecule has 0 saturated heterocycles. The number of nitrogens with one attached hydrogen (secondary N) is 1. The van der Waals surface area contributed by atoms with Gasteiger partial charge in [-0.1, -0.05) is 30.4 Å². The molecule has 0 unspecified atom stereocenters. The lowest BCUT2D eigenvalue weighted by Crippen LogP contribution is -2.24. The van der Waals surface area contributed by atoms with Crippen LogP contribution in [0.2, 0.25) is 0 Å². The number of hydrogen-bond acceptors (Lipinski definition) is 4. The second-order valence-corrected chi connectivity index (χ2v) is 8.08. The molecule has 0 radical (unpaired) electrons. The summed E-state index contributed by atoms with van der Waals surface area (Å²) in [5.74, 6) is 1.27. The SMILES string of the molecule is CC(C)(C)Oc1cncc2c(=O)cc(NC3=CCCC=C3)n(-c3ccccc3)c12. The second-order valence-electron chi connectivity index (χ2n) is 8.08. The molecule has 1 aliphatic carbocycles. The molecule has 0 atom stereocenters. The number of benzene rings is 1. The molecule has 148 valence electrons. The van der Waals surface area contributed by atoms with E-state index in [9.17, 15) is 4.79 Å². The van der Waals surface area contributed by atoms with Crippen molar-refractivity contribution in [3.05, 3.63) is 82.9 Å². The molecule has 0 fully saturated rings. The normalized spacial score (nSPS) is 14.0. The Bertz CT molecular complexity index is 1150. The monoisotopic (exact) mass is 387 g/mol. The van der Waals surface area contributed by atoms with Gasteiger partial charge in [-0.3, -0.25) is 14.3 Å². The first-order valence-corrected chi connectivity index (χ1v) is 9.84. The lowest BCUT2D eigenvalue weighted by atomic mass is 10.1. The van der Waals surface area contributed by atoms with Crippen LogP contribution < -0.4 is 15.5 Å². The third-order valence-electron chi connectivity index (χ3n) is 4.58. The summed E-state index contributed by atoms with van der Waals surface area (Å²) in [4.78, 5) is 17.2. The summed E-state index contributed by atoms with van der Waals surface area (Å²) in [6.07, 6.45) is 11.6. The van der Waals surface area contributed by atoms with Crippen molar-refractivity contribution in [1.82, 2.24) is 9.55 Å². The topological polar surface area (TPSA) is 56.1 Å². The van der Waals surface area contributed by atoms with Crippen LogP contribution in [0.5, 0.6) is 5.75 Å². The molecule has 1 aliphatic rings. The molecule has 29 heavy (non-hydrogen) atoms. The number of ether oxygens (including phenoxy) is 1. The van der Waals surface area contributed by atoms with Gasteiger partial charge in [0.05, 0.1) is 11.6 Å². The fourth-order valence-corrected chi connectivity index (χ4v) is 3.43. The maximum absolute atomic E-state index is 13.0.